The van der Waals surface area contributed by atoms with Crippen molar-refractivity contribution in [1.82, 2.24) is 14.7 Å². The van der Waals surface area contributed by atoms with Gasteiger partial charge in [0.05, 0.1) is 6.04 Å². The molecule has 2 heterocycles. The van der Waals surface area contributed by atoms with Crippen LogP contribution >= 0.6 is 11.6 Å². The molecule has 6 heteroatoms. The Morgan fingerprint density at radius 1 is 1.29 bits per heavy atom. The first-order chi connectivity index (χ1) is 10.1. The highest BCUT2D eigenvalue weighted by Crippen LogP contribution is 2.26. The molecular weight excluding hydrogens is 291 g/mol. The van der Waals surface area contributed by atoms with Crippen molar-refractivity contribution in [1.29, 1.82) is 0 Å². The van der Waals surface area contributed by atoms with E-state index in [1.54, 1.807) is 12.1 Å². The zero-order chi connectivity index (χ0) is 14.8. The summed E-state index contributed by atoms with van der Waals surface area (Å²) in [6.07, 6.45) is 3.88. The second-order valence-electron chi connectivity index (χ2n) is 5.43. The van der Waals surface area contributed by atoms with Crippen LogP contribution in [0.25, 0.3) is 0 Å². The van der Waals surface area contributed by atoms with E-state index in [1.807, 2.05) is 16.9 Å². The molecule has 1 aliphatic rings. The Morgan fingerprint density at radius 3 is 2.67 bits per heavy atom. The average molecular weight is 309 g/mol. The van der Waals surface area contributed by atoms with Crippen LogP contribution < -0.4 is 5.73 Å². The minimum atomic E-state index is -0.232. The first-order valence-electron chi connectivity index (χ1n) is 7.09. The maximum atomic E-state index is 13.8. The smallest absolute Gasteiger partial charge is 0.145 e. The summed E-state index contributed by atoms with van der Waals surface area (Å²) < 4.78 is 15.7. The number of aromatic nitrogens is 2. The standard InChI is InChI=1S/C15H18ClFN4/c16-13-2-1-3-14(17)12(13)10-20-7-4-11(5-8-20)21-9-6-15(18)19-21/h1-3,6,9,11H,4-5,7-8,10H2,(H2,18,19). The first-order valence-corrected chi connectivity index (χ1v) is 7.47. The second kappa shape index (κ2) is 6.03. The highest BCUT2D eigenvalue weighted by atomic mass is 35.5. The summed E-state index contributed by atoms with van der Waals surface area (Å²) in [5, 5.41) is 4.76. The van der Waals surface area contributed by atoms with Crippen LogP contribution in [-0.4, -0.2) is 27.8 Å². The molecule has 0 radical (unpaired) electrons. The van der Waals surface area contributed by atoms with Crippen molar-refractivity contribution in [3.63, 3.8) is 0 Å². The molecule has 112 valence electrons. The summed E-state index contributed by atoms with van der Waals surface area (Å²) in [6, 6.07) is 7.01. The van der Waals surface area contributed by atoms with Crippen molar-refractivity contribution in [3.8, 4) is 0 Å². The predicted molar refractivity (Wildman–Crippen MR) is 81.6 cm³/mol. The van der Waals surface area contributed by atoms with Gasteiger partial charge in [0.2, 0.25) is 0 Å². The van der Waals surface area contributed by atoms with Gasteiger partial charge in [-0.2, -0.15) is 5.10 Å². The van der Waals surface area contributed by atoms with Crippen molar-refractivity contribution >= 4 is 17.4 Å². The lowest BCUT2D eigenvalue weighted by Crippen LogP contribution is -2.34. The van der Waals surface area contributed by atoms with Gasteiger partial charge in [0.1, 0.15) is 11.6 Å². The number of nitrogens with zero attached hydrogens (tertiary/aromatic N) is 3. The molecule has 0 bridgehead atoms. The third kappa shape index (κ3) is 3.19. The van der Waals surface area contributed by atoms with Crippen molar-refractivity contribution in [2.45, 2.75) is 25.4 Å². The van der Waals surface area contributed by atoms with E-state index in [0.717, 1.165) is 25.9 Å². The van der Waals surface area contributed by atoms with Crippen molar-refractivity contribution in [2.75, 3.05) is 18.8 Å². The van der Waals surface area contributed by atoms with Gasteiger partial charge in [-0.3, -0.25) is 9.58 Å². The number of rotatable bonds is 3. The molecule has 1 saturated heterocycles. The van der Waals surface area contributed by atoms with Crippen LogP contribution in [0.2, 0.25) is 5.02 Å². The average Bonchev–Trinajstić information content (AvgIpc) is 2.90. The van der Waals surface area contributed by atoms with E-state index in [4.69, 9.17) is 17.3 Å². The van der Waals surface area contributed by atoms with E-state index in [2.05, 4.69) is 10.00 Å². The zero-order valence-electron chi connectivity index (χ0n) is 11.7. The van der Waals surface area contributed by atoms with Gasteiger partial charge in [0.25, 0.3) is 0 Å². The fraction of sp³-hybridized carbons (Fsp3) is 0.400. The van der Waals surface area contributed by atoms with Crippen LogP contribution in [-0.2, 0) is 6.54 Å². The highest BCUT2D eigenvalue weighted by molar-refractivity contribution is 6.31. The lowest BCUT2D eigenvalue weighted by atomic mass is 10.0. The maximum Gasteiger partial charge on any atom is 0.145 e. The molecule has 0 atom stereocenters. The largest absolute Gasteiger partial charge is 0.382 e. The Balaban J connectivity index is 1.61. The minimum absolute atomic E-state index is 0.232. The second-order valence-corrected chi connectivity index (χ2v) is 5.84. The molecule has 1 fully saturated rings. The molecule has 3 rings (SSSR count). The molecule has 0 saturated carbocycles. The number of anilines is 1. The number of hydrogen-bond donors (Lipinski definition) is 1. The van der Waals surface area contributed by atoms with Crippen LogP contribution in [0, 0.1) is 5.82 Å². The van der Waals surface area contributed by atoms with Crippen LogP contribution in [0.1, 0.15) is 24.4 Å². The van der Waals surface area contributed by atoms with E-state index >= 15 is 0 Å². The third-order valence-corrected chi connectivity index (χ3v) is 4.36. The van der Waals surface area contributed by atoms with E-state index < -0.39 is 0 Å². The Kier molecular flexibility index (Phi) is 4.12. The highest BCUT2D eigenvalue weighted by Gasteiger charge is 2.22. The van der Waals surface area contributed by atoms with Crippen molar-refractivity contribution < 1.29 is 4.39 Å². The van der Waals surface area contributed by atoms with Gasteiger partial charge in [-0.25, -0.2) is 4.39 Å². The summed E-state index contributed by atoms with van der Waals surface area (Å²) in [5.74, 6) is 0.319. The summed E-state index contributed by atoms with van der Waals surface area (Å²) in [6.45, 7) is 2.35. The van der Waals surface area contributed by atoms with Gasteiger partial charge in [-0.1, -0.05) is 17.7 Å². The minimum Gasteiger partial charge on any atom is -0.382 e. The van der Waals surface area contributed by atoms with E-state index in [9.17, 15) is 4.39 Å². The quantitative estimate of drug-likeness (QED) is 0.948. The van der Waals surface area contributed by atoms with Crippen LogP contribution in [0.15, 0.2) is 30.5 Å². The van der Waals surface area contributed by atoms with Crippen LogP contribution in [0.5, 0.6) is 0 Å². The van der Waals surface area contributed by atoms with Crippen molar-refractivity contribution in [2.24, 2.45) is 0 Å². The summed E-state index contributed by atoms with van der Waals surface area (Å²) >= 11 is 6.08. The fourth-order valence-corrected chi connectivity index (χ4v) is 3.03. The number of nitrogens with two attached hydrogens (primary N) is 1. The van der Waals surface area contributed by atoms with Gasteiger partial charge in [0, 0.05) is 36.4 Å². The monoisotopic (exact) mass is 308 g/mol. The summed E-state index contributed by atoms with van der Waals surface area (Å²) in [5.41, 5.74) is 6.23. The van der Waals surface area contributed by atoms with Crippen molar-refractivity contribution in [3.05, 3.63) is 46.9 Å². The van der Waals surface area contributed by atoms with E-state index in [1.165, 1.54) is 6.07 Å². The van der Waals surface area contributed by atoms with Gasteiger partial charge >= 0.3 is 0 Å². The molecule has 21 heavy (non-hydrogen) atoms. The zero-order valence-corrected chi connectivity index (χ0v) is 12.4. The Hall–Kier alpha value is -1.59. The molecule has 4 nitrogen and oxygen atoms in total. The molecule has 0 unspecified atom stereocenters. The lowest BCUT2D eigenvalue weighted by Gasteiger charge is -2.32. The van der Waals surface area contributed by atoms with Crippen LogP contribution in [0.4, 0.5) is 10.2 Å². The number of hydrogen-bond acceptors (Lipinski definition) is 3. The van der Waals surface area contributed by atoms with Gasteiger partial charge in [-0.05, 0) is 31.0 Å². The van der Waals surface area contributed by atoms with Crippen LogP contribution in [0.3, 0.4) is 0 Å². The Labute approximate surface area is 128 Å². The molecule has 1 aromatic carbocycles. The molecule has 0 spiro atoms. The number of benzene rings is 1. The van der Waals surface area contributed by atoms with Gasteiger partial charge < -0.3 is 5.73 Å². The molecule has 0 amide bonds. The lowest BCUT2D eigenvalue weighted by molar-refractivity contribution is 0.172. The topological polar surface area (TPSA) is 47.1 Å². The maximum absolute atomic E-state index is 13.8. The predicted octanol–water partition coefficient (Wildman–Crippen LogP) is 3.09. The molecule has 1 aliphatic heterocycles. The molecular formula is C15H18ClFN4. The Morgan fingerprint density at radius 2 is 2.05 bits per heavy atom. The normalized spacial score (nSPS) is 17.2. The fourth-order valence-electron chi connectivity index (χ4n) is 2.81. The SMILES string of the molecule is Nc1ccn(C2CCN(Cc3c(F)cccc3Cl)CC2)n1. The van der Waals surface area contributed by atoms with Gasteiger partial charge in [0.15, 0.2) is 0 Å². The molecule has 2 aromatic rings. The third-order valence-electron chi connectivity index (χ3n) is 4.00. The Bertz CT molecular complexity index is 600. The number of piperidine rings is 1. The number of halogens is 2. The molecule has 2 N–H and O–H groups in total. The first kappa shape index (κ1) is 14.4. The van der Waals surface area contributed by atoms with Gasteiger partial charge in [-0.15, -0.1) is 0 Å². The van der Waals surface area contributed by atoms with E-state index in [0.29, 0.717) is 29.0 Å². The number of nitrogen functional groups attached to an aromatic ring is 1. The summed E-state index contributed by atoms with van der Waals surface area (Å²) in [4.78, 5) is 2.23. The van der Waals surface area contributed by atoms with E-state index in [-0.39, 0.29) is 5.82 Å². The molecule has 0 aliphatic carbocycles. The molecule has 1 aromatic heterocycles. The number of likely N-dealkylation sites (tertiary alicyclic amines) is 1. The summed E-state index contributed by atoms with van der Waals surface area (Å²) in [7, 11) is 0.